The largest absolute Gasteiger partial charge is 0.504 e. The fourth-order valence-corrected chi connectivity index (χ4v) is 2.37. The lowest BCUT2D eigenvalue weighted by atomic mass is 10.1. The molecular weight excluding hydrogens is 306 g/mol. The van der Waals surface area contributed by atoms with Gasteiger partial charge in [0.25, 0.3) is 5.91 Å². The molecule has 122 valence electrons. The number of nitrogens with one attached hydrogen (secondary N) is 1. The first-order valence-electron chi connectivity index (χ1n) is 7.44. The van der Waals surface area contributed by atoms with Crippen LogP contribution < -0.4 is 14.8 Å². The Hall–Kier alpha value is -3.21. The molecule has 2 N–H and O–H groups in total. The molecule has 0 saturated carbocycles. The lowest BCUT2D eigenvalue weighted by Gasteiger charge is -2.10. The Morgan fingerprint density at radius 2 is 1.83 bits per heavy atom. The van der Waals surface area contributed by atoms with E-state index in [2.05, 4.69) is 5.32 Å². The molecule has 0 radical (unpaired) electrons. The van der Waals surface area contributed by atoms with Gasteiger partial charge in [0.05, 0.1) is 7.11 Å². The highest BCUT2D eigenvalue weighted by Crippen LogP contribution is 2.28. The van der Waals surface area contributed by atoms with E-state index in [0.29, 0.717) is 17.2 Å². The number of ether oxygens (including phenoxy) is 2. The lowest BCUT2D eigenvalue weighted by molar-refractivity contribution is -0.118. The smallest absolute Gasteiger partial charge is 0.262 e. The van der Waals surface area contributed by atoms with Crippen LogP contribution in [0.3, 0.4) is 0 Å². The number of phenols is 1. The van der Waals surface area contributed by atoms with E-state index in [9.17, 15) is 9.90 Å². The number of rotatable bonds is 5. The van der Waals surface area contributed by atoms with E-state index in [1.165, 1.54) is 13.2 Å². The van der Waals surface area contributed by atoms with Crippen molar-refractivity contribution in [1.29, 1.82) is 0 Å². The fraction of sp³-hybridized carbons (Fsp3) is 0.105. The van der Waals surface area contributed by atoms with Gasteiger partial charge in [-0.15, -0.1) is 0 Å². The van der Waals surface area contributed by atoms with Gasteiger partial charge in [0.15, 0.2) is 18.1 Å². The third kappa shape index (κ3) is 3.57. The van der Waals surface area contributed by atoms with Crippen molar-refractivity contribution in [2.45, 2.75) is 0 Å². The van der Waals surface area contributed by atoms with Gasteiger partial charge in [0.2, 0.25) is 0 Å². The van der Waals surface area contributed by atoms with Crippen molar-refractivity contribution in [2.24, 2.45) is 0 Å². The predicted octanol–water partition coefficient (Wildman–Crippen LogP) is 3.57. The van der Waals surface area contributed by atoms with E-state index < -0.39 is 0 Å². The molecule has 0 unspecified atom stereocenters. The van der Waals surface area contributed by atoms with Crippen LogP contribution in [0.1, 0.15) is 0 Å². The molecule has 0 atom stereocenters. The van der Waals surface area contributed by atoms with Crippen molar-refractivity contribution < 1.29 is 19.4 Å². The molecule has 0 saturated heterocycles. The number of fused-ring (bicyclic) bond motifs is 1. The third-order valence-corrected chi connectivity index (χ3v) is 3.55. The number of benzene rings is 3. The molecule has 3 aromatic rings. The molecule has 5 heteroatoms. The second-order valence-corrected chi connectivity index (χ2v) is 5.23. The van der Waals surface area contributed by atoms with Gasteiger partial charge in [-0.2, -0.15) is 0 Å². The lowest BCUT2D eigenvalue weighted by Crippen LogP contribution is -2.20. The second-order valence-electron chi connectivity index (χ2n) is 5.23. The highest BCUT2D eigenvalue weighted by molar-refractivity contribution is 5.92. The van der Waals surface area contributed by atoms with Crippen LogP contribution in [0.4, 0.5) is 5.69 Å². The van der Waals surface area contributed by atoms with E-state index in [1.54, 1.807) is 12.1 Å². The van der Waals surface area contributed by atoms with Crippen molar-refractivity contribution in [3.8, 4) is 17.2 Å². The zero-order valence-corrected chi connectivity index (χ0v) is 13.2. The molecule has 0 aliphatic heterocycles. The van der Waals surface area contributed by atoms with Crippen LogP contribution in [0, 0.1) is 0 Å². The summed E-state index contributed by atoms with van der Waals surface area (Å²) in [7, 11) is 1.46. The van der Waals surface area contributed by atoms with Crippen LogP contribution in [0.2, 0.25) is 0 Å². The first-order chi connectivity index (χ1) is 11.7. The Kier molecular flexibility index (Phi) is 4.52. The minimum atomic E-state index is -0.312. The Morgan fingerprint density at radius 3 is 2.58 bits per heavy atom. The topological polar surface area (TPSA) is 67.8 Å². The standard InChI is InChI=1S/C19H17NO4/c1-23-18-9-7-15(11-17(18)21)20-19(22)12-24-16-8-6-13-4-2-3-5-14(13)10-16/h2-11,21H,12H2,1H3,(H,20,22). The number of hydrogen-bond donors (Lipinski definition) is 2. The Bertz CT molecular complexity index is 876. The molecule has 0 heterocycles. The van der Waals surface area contributed by atoms with Crippen molar-refractivity contribution in [1.82, 2.24) is 0 Å². The predicted molar refractivity (Wildman–Crippen MR) is 92.7 cm³/mol. The van der Waals surface area contributed by atoms with E-state index in [-0.39, 0.29) is 18.3 Å². The van der Waals surface area contributed by atoms with Gasteiger partial charge in [-0.05, 0) is 35.0 Å². The van der Waals surface area contributed by atoms with E-state index in [4.69, 9.17) is 9.47 Å². The molecule has 0 fully saturated rings. The van der Waals surface area contributed by atoms with E-state index in [0.717, 1.165) is 10.8 Å². The Balaban J connectivity index is 1.61. The van der Waals surface area contributed by atoms with Crippen LogP contribution in [-0.2, 0) is 4.79 Å². The Morgan fingerprint density at radius 1 is 1.04 bits per heavy atom. The highest BCUT2D eigenvalue weighted by atomic mass is 16.5. The number of phenolic OH excluding ortho intramolecular Hbond substituents is 1. The summed E-state index contributed by atoms with van der Waals surface area (Å²) in [6.07, 6.45) is 0. The minimum Gasteiger partial charge on any atom is -0.504 e. The first kappa shape index (κ1) is 15.7. The molecule has 0 aliphatic carbocycles. The van der Waals surface area contributed by atoms with Crippen molar-refractivity contribution in [3.63, 3.8) is 0 Å². The van der Waals surface area contributed by atoms with Gasteiger partial charge < -0.3 is 19.9 Å². The molecule has 3 aromatic carbocycles. The number of hydrogen-bond acceptors (Lipinski definition) is 4. The van der Waals surface area contributed by atoms with Gasteiger partial charge >= 0.3 is 0 Å². The summed E-state index contributed by atoms with van der Waals surface area (Å²) in [6, 6.07) is 18.2. The van der Waals surface area contributed by atoms with Crippen LogP contribution in [0.15, 0.2) is 60.7 Å². The van der Waals surface area contributed by atoms with Gasteiger partial charge in [-0.1, -0.05) is 30.3 Å². The monoisotopic (exact) mass is 323 g/mol. The summed E-state index contributed by atoms with van der Waals surface area (Å²) in [5, 5.41) is 14.5. The van der Waals surface area contributed by atoms with Gasteiger partial charge in [0.1, 0.15) is 5.75 Å². The van der Waals surface area contributed by atoms with Crippen molar-refractivity contribution in [2.75, 3.05) is 19.0 Å². The summed E-state index contributed by atoms with van der Waals surface area (Å²) in [5.74, 6) is 0.625. The van der Waals surface area contributed by atoms with Gasteiger partial charge in [0, 0.05) is 11.8 Å². The minimum absolute atomic E-state index is 0.0363. The average Bonchev–Trinajstić information content (AvgIpc) is 2.60. The summed E-state index contributed by atoms with van der Waals surface area (Å²) in [4.78, 5) is 12.0. The molecular formula is C19H17NO4. The Labute approximate surface area is 139 Å². The maximum absolute atomic E-state index is 12.0. The molecule has 1 amide bonds. The van der Waals surface area contributed by atoms with E-state index >= 15 is 0 Å². The summed E-state index contributed by atoms with van der Waals surface area (Å²) >= 11 is 0. The fourth-order valence-electron chi connectivity index (χ4n) is 2.37. The summed E-state index contributed by atoms with van der Waals surface area (Å²) < 4.78 is 10.5. The third-order valence-electron chi connectivity index (χ3n) is 3.55. The first-order valence-corrected chi connectivity index (χ1v) is 7.44. The molecule has 3 rings (SSSR count). The van der Waals surface area contributed by atoms with Gasteiger partial charge in [-0.3, -0.25) is 4.79 Å². The number of amides is 1. The zero-order chi connectivity index (χ0) is 16.9. The molecule has 24 heavy (non-hydrogen) atoms. The van der Waals surface area contributed by atoms with Gasteiger partial charge in [-0.25, -0.2) is 0 Å². The van der Waals surface area contributed by atoms with Crippen LogP contribution >= 0.6 is 0 Å². The molecule has 0 bridgehead atoms. The zero-order valence-electron chi connectivity index (χ0n) is 13.2. The average molecular weight is 323 g/mol. The van der Waals surface area contributed by atoms with Crippen molar-refractivity contribution >= 4 is 22.4 Å². The molecule has 0 spiro atoms. The number of anilines is 1. The number of carbonyl (C=O) groups is 1. The number of methoxy groups -OCH3 is 1. The van der Waals surface area contributed by atoms with Crippen LogP contribution in [-0.4, -0.2) is 24.7 Å². The summed E-state index contributed by atoms with van der Waals surface area (Å²) in [6.45, 7) is -0.120. The SMILES string of the molecule is COc1ccc(NC(=O)COc2ccc3ccccc3c2)cc1O. The summed E-state index contributed by atoms with van der Waals surface area (Å²) in [5.41, 5.74) is 0.473. The maximum atomic E-state index is 12.0. The van der Waals surface area contributed by atoms with E-state index in [1.807, 2.05) is 42.5 Å². The van der Waals surface area contributed by atoms with Crippen molar-refractivity contribution in [3.05, 3.63) is 60.7 Å². The molecule has 0 aromatic heterocycles. The quantitative estimate of drug-likeness (QED) is 0.753. The number of aromatic hydroxyl groups is 1. The number of carbonyl (C=O) groups excluding carboxylic acids is 1. The highest BCUT2D eigenvalue weighted by Gasteiger charge is 2.07. The maximum Gasteiger partial charge on any atom is 0.262 e. The van der Waals surface area contributed by atoms with Crippen LogP contribution in [0.5, 0.6) is 17.2 Å². The molecule has 5 nitrogen and oxygen atoms in total. The second kappa shape index (κ2) is 6.91. The van der Waals surface area contributed by atoms with Crippen LogP contribution in [0.25, 0.3) is 10.8 Å². The molecule has 0 aliphatic rings. The normalized spacial score (nSPS) is 10.4.